The maximum Gasteiger partial charge on any atom is 0.305 e. The minimum Gasteiger partial charge on any atom is -0.481 e. The van der Waals surface area contributed by atoms with Crippen LogP contribution in [0.1, 0.15) is 37.9 Å². The summed E-state index contributed by atoms with van der Waals surface area (Å²) in [7, 11) is 0. The first-order valence-corrected chi connectivity index (χ1v) is 6.42. The van der Waals surface area contributed by atoms with Crippen LogP contribution in [-0.4, -0.2) is 51.9 Å². The highest BCUT2D eigenvalue weighted by molar-refractivity contribution is 5.67. The molecule has 1 aliphatic heterocycles. The zero-order chi connectivity index (χ0) is 13.8. The molecule has 1 unspecified atom stereocenters. The fourth-order valence-electron chi connectivity index (χ4n) is 2.03. The number of carbonyl (C=O) groups is 1. The molecule has 1 aromatic rings. The number of rotatable bonds is 5. The van der Waals surface area contributed by atoms with E-state index in [1.165, 1.54) is 0 Å². The molecule has 1 atom stereocenters. The standard InChI is InChI=1S/C12H19N3O4/c1-8(2)12-13-10(14-19-12)6-15-3-4-18-7-9(15)5-11(16)17/h8-9H,3-7H2,1-2H3,(H,16,17). The van der Waals surface area contributed by atoms with Crippen LogP contribution in [0.5, 0.6) is 0 Å². The zero-order valence-corrected chi connectivity index (χ0v) is 11.2. The van der Waals surface area contributed by atoms with Gasteiger partial charge in [0.1, 0.15) is 0 Å². The van der Waals surface area contributed by atoms with E-state index in [2.05, 4.69) is 10.1 Å². The van der Waals surface area contributed by atoms with E-state index in [1.54, 1.807) is 0 Å². The second kappa shape index (κ2) is 6.12. The molecule has 0 spiro atoms. The minimum atomic E-state index is -0.823. The Morgan fingerprint density at radius 3 is 3.00 bits per heavy atom. The highest BCUT2D eigenvalue weighted by atomic mass is 16.5. The van der Waals surface area contributed by atoms with Crippen molar-refractivity contribution in [3.8, 4) is 0 Å². The summed E-state index contributed by atoms with van der Waals surface area (Å²) in [4.78, 5) is 17.2. The molecule has 2 heterocycles. The molecule has 0 amide bonds. The lowest BCUT2D eigenvalue weighted by Crippen LogP contribution is -2.46. The van der Waals surface area contributed by atoms with E-state index in [4.69, 9.17) is 14.4 Å². The number of hydrogen-bond donors (Lipinski definition) is 1. The van der Waals surface area contributed by atoms with Gasteiger partial charge in [0.2, 0.25) is 5.89 Å². The normalized spacial score (nSPS) is 20.9. The van der Waals surface area contributed by atoms with Crippen LogP contribution in [0.15, 0.2) is 4.52 Å². The fourth-order valence-corrected chi connectivity index (χ4v) is 2.03. The third-order valence-electron chi connectivity index (χ3n) is 3.08. The molecule has 0 aromatic carbocycles. The third kappa shape index (κ3) is 3.74. The van der Waals surface area contributed by atoms with Gasteiger partial charge in [0.05, 0.1) is 26.2 Å². The summed E-state index contributed by atoms with van der Waals surface area (Å²) in [6, 6.07) is -0.132. The molecule has 106 valence electrons. The number of aliphatic carboxylic acids is 1. The number of carboxylic acids is 1. The van der Waals surface area contributed by atoms with Gasteiger partial charge in [-0.15, -0.1) is 0 Å². The smallest absolute Gasteiger partial charge is 0.305 e. The van der Waals surface area contributed by atoms with E-state index in [0.29, 0.717) is 38.0 Å². The van der Waals surface area contributed by atoms with Gasteiger partial charge in [-0.3, -0.25) is 9.69 Å². The van der Waals surface area contributed by atoms with Gasteiger partial charge in [-0.05, 0) is 0 Å². The second-order valence-electron chi connectivity index (χ2n) is 5.00. The van der Waals surface area contributed by atoms with E-state index >= 15 is 0 Å². The molecule has 1 saturated heterocycles. The summed E-state index contributed by atoms with van der Waals surface area (Å²) in [5, 5.41) is 12.8. The first-order valence-electron chi connectivity index (χ1n) is 6.42. The summed E-state index contributed by atoms with van der Waals surface area (Å²) in [6.45, 7) is 6.19. The fraction of sp³-hybridized carbons (Fsp3) is 0.750. The first kappa shape index (κ1) is 14.0. The molecule has 1 N–H and O–H groups in total. The van der Waals surface area contributed by atoms with E-state index in [0.717, 1.165) is 0 Å². The molecule has 0 saturated carbocycles. The molecule has 0 bridgehead atoms. The van der Waals surface area contributed by atoms with Gasteiger partial charge in [0, 0.05) is 18.5 Å². The van der Waals surface area contributed by atoms with Crippen LogP contribution in [0.4, 0.5) is 0 Å². The predicted octanol–water partition coefficient (Wildman–Crippen LogP) is 0.869. The molecule has 2 rings (SSSR count). The molecular formula is C12H19N3O4. The SMILES string of the molecule is CC(C)c1nc(CN2CCOCC2CC(=O)O)no1. The number of aromatic nitrogens is 2. The summed E-state index contributed by atoms with van der Waals surface area (Å²) in [6.07, 6.45) is 0.0644. The molecule has 1 aromatic heterocycles. The molecule has 0 radical (unpaired) electrons. The van der Waals surface area contributed by atoms with Gasteiger partial charge in [0.25, 0.3) is 0 Å². The largest absolute Gasteiger partial charge is 0.481 e. The predicted molar refractivity (Wildman–Crippen MR) is 65.7 cm³/mol. The van der Waals surface area contributed by atoms with Crippen LogP contribution in [0.3, 0.4) is 0 Å². The lowest BCUT2D eigenvalue weighted by Gasteiger charge is -2.33. The topological polar surface area (TPSA) is 88.7 Å². The van der Waals surface area contributed by atoms with Gasteiger partial charge in [-0.1, -0.05) is 19.0 Å². The van der Waals surface area contributed by atoms with Crippen molar-refractivity contribution in [1.82, 2.24) is 15.0 Å². The van der Waals surface area contributed by atoms with Crippen LogP contribution in [0, 0.1) is 0 Å². The number of hydrogen-bond acceptors (Lipinski definition) is 6. The maximum absolute atomic E-state index is 10.8. The van der Waals surface area contributed by atoms with Crippen molar-refractivity contribution >= 4 is 5.97 Å². The average molecular weight is 269 g/mol. The summed E-state index contributed by atoms with van der Waals surface area (Å²) in [5.41, 5.74) is 0. The molecule has 7 nitrogen and oxygen atoms in total. The van der Waals surface area contributed by atoms with Crippen molar-refractivity contribution < 1.29 is 19.2 Å². The van der Waals surface area contributed by atoms with Crippen LogP contribution in [0.25, 0.3) is 0 Å². The van der Waals surface area contributed by atoms with Crippen molar-refractivity contribution in [3.63, 3.8) is 0 Å². The Morgan fingerprint density at radius 2 is 2.37 bits per heavy atom. The van der Waals surface area contributed by atoms with E-state index in [9.17, 15) is 4.79 Å². The number of ether oxygens (including phenoxy) is 1. The van der Waals surface area contributed by atoms with Gasteiger partial charge < -0.3 is 14.4 Å². The quantitative estimate of drug-likeness (QED) is 0.848. The van der Waals surface area contributed by atoms with Gasteiger partial charge >= 0.3 is 5.97 Å². The van der Waals surface area contributed by atoms with Gasteiger partial charge in [-0.2, -0.15) is 4.98 Å². The Bertz CT molecular complexity index is 432. The molecule has 7 heteroatoms. The average Bonchev–Trinajstić information content (AvgIpc) is 2.80. The van der Waals surface area contributed by atoms with Crippen molar-refractivity contribution in [3.05, 3.63) is 11.7 Å². The Labute approximate surface area is 111 Å². The second-order valence-corrected chi connectivity index (χ2v) is 5.00. The van der Waals surface area contributed by atoms with Crippen LogP contribution in [0.2, 0.25) is 0 Å². The summed E-state index contributed by atoms with van der Waals surface area (Å²) < 4.78 is 10.5. The number of morpholine rings is 1. The molecular weight excluding hydrogens is 250 g/mol. The van der Waals surface area contributed by atoms with E-state index in [-0.39, 0.29) is 18.4 Å². The van der Waals surface area contributed by atoms with Gasteiger partial charge in [0.15, 0.2) is 5.82 Å². The maximum atomic E-state index is 10.8. The van der Waals surface area contributed by atoms with Crippen LogP contribution in [-0.2, 0) is 16.1 Å². The summed E-state index contributed by atoms with van der Waals surface area (Å²) in [5.74, 6) is 0.580. The first-order chi connectivity index (χ1) is 9.06. The van der Waals surface area contributed by atoms with E-state index in [1.807, 2.05) is 18.7 Å². The van der Waals surface area contributed by atoms with Crippen molar-refractivity contribution in [2.45, 2.75) is 38.8 Å². The monoisotopic (exact) mass is 269 g/mol. The van der Waals surface area contributed by atoms with Crippen LogP contribution >= 0.6 is 0 Å². The van der Waals surface area contributed by atoms with Crippen molar-refractivity contribution in [2.75, 3.05) is 19.8 Å². The summed E-state index contributed by atoms with van der Waals surface area (Å²) >= 11 is 0. The zero-order valence-electron chi connectivity index (χ0n) is 11.2. The third-order valence-corrected chi connectivity index (χ3v) is 3.08. The number of nitrogens with zero attached hydrogens (tertiary/aromatic N) is 3. The highest BCUT2D eigenvalue weighted by Crippen LogP contribution is 2.16. The molecule has 0 aliphatic carbocycles. The molecule has 1 fully saturated rings. The van der Waals surface area contributed by atoms with Crippen LogP contribution < -0.4 is 0 Å². The Hall–Kier alpha value is -1.47. The molecule has 1 aliphatic rings. The number of carboxylic acid groups (broad SMARTS) is 1. The Balaban J connectivity index is 1.99. The minimum absolute atomic E-state index is 0.0644. The van der Waals surface area contributed by atoms with Crippen molar-refractivity contribution in [2.24, 2.45) is 0 Å². The Kier molecular flexibility index (Phi) is 4.49. The van der Waals surface area contributed by atoms with Gasteiger partial charge in [-0.25, -0.2) is 0 Å². The lowest BCUT2D eigenvalue weighted by atomic mass is 10.1. The van der Waals surface area contributed by atoms with E-state index < -0.39 is 5.97 Å². The lowest BCUT2D eigenvalue weighted by molar-refractivity contribution is -0.140. The molecule has 19 heavy (non-hydrogen) atoms. The Morgan fingerprint density at radius 1 is 1.58 bits per heavy atom. The van der Waals surface area contributed by atoms with Crippen molar-refractivity contribution in [1.29, 1.82) is 0 Å². The highest BCUT2D eigenvalue weighted by Gasteiger charge is 2.26.